The van der Waals surface area contributed by atoms with E-state index in [-0.39, 0.29) is 12.4 Å². The third kappa shape index (κ3) is 3.34. The quantitative estimate of drug-likeness (QED) is 0.878. The molecule has 0 aliphatic carbocycles. The van der Waals surface area contributed by atoms with Crippen LogP contribution in [0.3, 0.4) is 0 Å². The summed E-state index contributed by atoms with van der Waals surface area (Å²) in [4.78, 5) is 6.74. The van der Waals surface area contributed by atoms with E-state index in [0.717, 1.165) is 30.9 Å². The summed E-state index contributed by atoms with van der Waals surface area (Å²) in [5.41, 5.74) is 7.43. The molecule has 1 aliphatic heterocycles. The highest BCUT2D eigenvalue weighted by Crippen LogP contribution is 2.26. The summed E-state index contributed by atoms with van der Waals surface area (Å²) >= 11 is 0. The second kappa shape index (κ2) is 6.36. The SMILES string of the molecule is Cc1ccc(O)c(CN2CC(CN)CC2C)n1.Cl. The minimum Gasteiger partial charge on any atom is -0.506 e. The number of nitrogens with zero attached hydrogens (tertiary/aromatic N) is 2. The monoisotopic (exact) mass is 271 g/mol. The van der Waals surface area contributed by atoms with Crippen molar-refractivity contribution in [2.24, 2.45) is 11.7 Å². The molecule has 0 aromatic carbocycles. The normalized spacial score (nSPS) is 23.9. The molecule has 2 atom stereocenters. The number of likely N-dealkylation sites (tertiary alicyclic amines) is 1. The Morgan fingerprint density at radius 1 is 1.50 bits per heavy atom. The van der Waals surface area contributed by atoms with Gasteiger partial charge < -0.3 is 10.8 Å². The molecule has 1 aromatic rings. The van der Waals surface area contributed by atoms with Gasteiger partial charge in [-0.3, -0.25) is 9.88 Å². The van der Waals surface area contributed by atoms with Crippen LogP contribution in [0.1, 0.15) is 24.7 Å². The van der Waals surface area contributed by atoms with Crippen LogP contribution in [0, 0.1) is 12.8 Å². The average molecular weight is 272 g/mol. The Kier molecular flexibility index (Phi) is 5.38. The van der Waals surface area contributed by atoms with Gasteiger partial charge in [-0.15, -0.1) is 12.4 Å². The second-order valence-electron chi connectivity index (χ2n) is 5.03. The van der Waals surface area contributed by atoms with Gasteiger partial charge in [0, 0.05) is 24.8 Å². The van der Waals surface area contributed by atoms with Crippen molar-refractivity contribution in [3.63, 3.8) is 0 Å². The first-order valence-corrected chi connectivity index (χ1v) is 6.19. The zero-order chi connectivity index (χ0) is 12.4. The average Bonchev–Trinajstić information content (AvgIpc) is 2.65. The molecule has 0 spiro atoms. The molecule has 1 fully saturated rings. The van der Waals surface area contributed by atoms with Crippen LogP contribution in [0.2, 0.25) is 0 Å². The van der Waals surface area contributed by atoms with E-state index in [2.05, 4.69) is 16.8 Å². The molecule has 3 N–H and O–H groups in total. The molecule has 102 valence electrons. The lowest BCUT2D eigenvalue weighted by Crippen LogP contribution is -2.27. The van der Waals surface area contributed by atoms with Crippen molar-refractivity contribution in [1.82, 2.24) is 9.88 Å². The Morgan fingerprint density at radius 2 is 2.22 bits per heavy atom. The number of aromatic nitrogens is 1. The highest BCUT2D eigenvalue weighted by Gasteiger charge is 2.28. The zero-order valence-corrected chi connectivity index (χ0v) is 11.8. The van der Waals surface area contributed by atoms with Gasteiger partial charge in [0.15, 0.2) is 0 Å². The molecule has 0 saturated carbocycles. The molecule has 5 heteroatoms. The summed E-state index contributed by atoms with van der Waals surface area (Å²) in [7, 11) is 0. The van der Waals surface area contributed by atoms with E-state index in [1.807, 2.05) is 13.0 Å². The lowest BCUT2D eigenvalue weighted by molar-refractivity contribution is 0.249. The van der Waals surface area contributed by atoms with Crippen molar-refractivity contribution < 1.29 is 5.11 Å². The van der Waals surface area contributed by atoms with Gasteiger partial charge in [0.05, 0.1) is 5.69 Å². The van der Waals surface area contributed by atoms with E-state index < -0.39 is 0 Å². The number of pyridine rings is 1. The summed E-state index contributed by atoms with van der Waals surface area (Å²) in [6.45, 7) is 6.62. The maximum atomic E-state index is 9.79. The van der Waals surface area contributed by atoms with Gasteiger partial charge in [-0.05, 0) is 44.9 Å². The van der Waals surface area contributed by atoms with E-state index in [0.29, 0.717) is 24.3 Å². The van der Waals surface area contributed by atoms with Gasteiger partial charge in [-0.2, -0.15) is 0 Å². The number of aromatic hydroxyl groups is 1. The molecule has 0 amide bonds. The molecular weight excluding hydrogens is 250 g/mol. The summed E-state index contributed by atoms with van der Waals surface area (Å²) in [5.74, 6) is 0.871. The maximum absolute atomic E-state index is 9.79. The zero-order valence-electron chi connectivity index (χ0n) is 11.0. The van der Waals surface area contributed by atoms with Crippen molar-refractivity contribution in [2.45, 2.75) is 32.9 Å². The van der Waals surface area contributed by atoms with Crippen molar-refractivity contribution in [2.75, 3.05) is 13.1 Å². The molecule has 18 heavy (non-hydrogen) atoms. The molecule has 2 heterocycles. The first kappa shape index (κ1) is 15.2. The summed E-state index contributed by atoms with van der Waals surface area (Å²) < 4.78 is 0. The summed E-state index contributed by atoms with van der Waals surface area (Å²) in [6.07, 6.45) is 1.14. The van der Waals surface area contributed by atoms with Crippen LogP contribution < -0.4 is 5.73 Å². The number of nitrogens with two attached hydrogens (primary N) is 1. The molecule has 1 aliphatic rings. The molecule has 4 nitrogen and oxygen atoms in total. The molecule has 0 radical (unpaired) electrons. The lowest BCUT2D eigenvalue weighted by Gasteiger charge is -2.21. The fraction of sp³-hybridized carbons (Fsp3) is 0.615. The standard InChI is InChI=1S/C13H21N3O.ClH/c1-9-3-4-13(17)12(15-9)8-16-7-11(6-14)5-10(16)2;/h3-4,10-11,17H,5-8,14H2,1-2H3;1H. The van der Waals surface area contributed by atoms with Crippen LogP contribution in [0.15, 0.2) is 12.1 Å². The van der Waals surface area contributed by atoms with E-state index in [1.165, 1.54) is 0 Å². The van der Waals surface area contributed by atoms with Crippen LogP contribution in [0.25, 0.3) is 0 Å². The van der Waals surface area contributed by atoms with Gasteiger partial charge in [-0.25, -0.2) is 0 Å². The van der Waals surface area contributed by atoms with Crippen LogP contribution in [0.4, 0.5) is 0 Å². The van der Waals surface area contributed by atoms with Crippen molar-refractivity contribution in [3.8, 4) is 5.75 Å². The maximum Gasteiger partial charge on any atom is 0.138 e. The van der Waals surface area contributed by atoms with Gasteiger partial charge in [0.2, 0.25) is 0 Å². The molecule has 1 saturated heterocycles. The van der Waals surface area contributed by atoms with E-state index in [4.69, 9.17) is 5.73 Å². The first-order chi connectivity index (χ1) is 8.10. The Bertz CT molecular complexity index is 400. The van der Waals surface area contributed by atoms with Crippen LogP contribution in [-0.2, 0) is 6.54 Å². The molecular formula is C13H22ClN3O. The minimum absolute atomic E-state index is 0. The largest absolute Gasteiger partial charge is 0.506 e. The summed E-state index contributed by atoms with van der Waals surface area (Å²) in [6, 6.07) is 4.07. The van der Waals surface area contributed by atoms with Gasteiger partial charge in [-0.1, -0.05) is 0 Å². The molecule has 0 bridgehead atoms. The predicted octanol–water partition coefficient (Wildman–Crippen LogP) is 1.69. The number of aryl methyl sites for hydroxylation is 1. The molecule has 1 aromatic heterocycles. The molecule has 2 unspecified atom stereocenters. The number of rotatable bonds is 3. The Morgan fingerprint density at radius 3 is 2.83 bits per heavy atom. The van der Waals surface area contributed by atoms with Crippen molar-refractivity contribution >= 4 is 12.4 Å². The Balaban J connectivity index is 0.00000162. The van der Waals surface area contributed by atoms with E-state index >= 15 is 0 Å². The Hall–Kier alpha value is -0.840. The van der Waals surface area contributed by atoms with Gasteiger partial charge in [0.25, 0.3) is 0 Å². The first-order valence-electron chi connectivity index (χ1n) is 6.19. The smallest absolute Gasteiger partial charge is 0.138 e. The Labute approximate surface area is 115 Å². The van der Waals surface area contributed by atoms with E-state index in [9.17, 15) is 5.11 Å². The third-order valence-electron chi connectivity index (χ3n) is 3.57. The van der Waals surface area contributed by atoms with E-state index in [1.54, 1.807) is 6.07 Å². The fourth-order valence-corrected chi connectivity index (χ4v) is 2.52. The van der Waals surface area contributed by atoms with Crippen LogP contribution in [-0.4, -0.2) is 34.1 Å². The summed E-state index contributed by atoms with van der Waals surface area (Å²) in [5, 5.41) is 9.79. The number of hydrogen-bond acceptors (Lipinski definition) is 4. The predicted molar refractivity (Wildman–Crippen MR) is 74.9 cm³/mol. The highest BCUT2D eigenvalue weighted by atomic mass is 35.5. The molecule has 2 rings (SSSR count). The van der Waals surface area contributed by atoms with Crippen LogP contribution in [0.5, 0.6) is 5.75 Å². The topological polar surface area (TPSA) is 62.4 Å². The second-order valence-corrected chi connectivity index (χ2v) is 5.03. The number of hydrogen-bond donors (Lipinski definition) is 2. The van der Waals surface area contributed by atoms with Crippen molar-refractivity contribution in [1.29, 1.82) is 0 Å². The fourth-order valence-electron chi connectivity index (χ4n) is 2.52. The van der Waals surface area contributed by atoms with Crippen LogP contribution >= 0.6 is 12.4 Å². The minimum atomic E-state index is 0. The van der Waals surface area contributed by atoms with Gasteiger partial charge in [0.1, 0.15) is 5.75 Å². The van der Waals surface area contributed by atoms with Crippen molar-refractivity contribution in [3.05, 3.63) is 23.5 Å². The lowest BCUT2D eigenvalue weighted by atomic mass is 10.1. The van der Waals surface area contributed by atoms with Gasteiger partial charge >= 0.3 is 0 Å². The third-order valence-corrected chi connectivity index (χ3v) is 3.57. The number of halogens is 1. The highest BCUT2D eigenvalue weighted by molar-refractivity contribution is 5.85.